The Kier molecular flexibility index (Phi) is 4.99. The van der Waals surface area contributed by atoms with Crippen molar-refractivity contribution in [1.82, 2.24) is 0 Å². The van der Waals surface area contributed by atoms with Crippen molar-refractivity contribution in [3.05, 3.63) is 63.1 Å². The predicted octanol–water partition coefficient (Wildman–Crippen LogP) is 4.46. The molecule has 0 saturated heterocycles. The van der Waals surface area contributed by atoms with Gasteiger partial charge in [-0.25, -0.2) is 4.79 Å². The van der Waals surface area contributed by atoms with Gasteiger partial charge in [0.05, 0.1) is 22.7 Å². The summed E-state index contributed by atoms with van der Waals surface area (Å²) in [6, 6.07) is 10.9. The van der Waals surface area contributed by atoms with Crippen LogP contribution in [0, 0.1) is 5.92 Å². The van der Waals surface area contributed by atoms with Crippen LogP contribution in [0.25, 0.3) is 0 Å². The Morgan fingerprint density at radius 1 is 1.08 bits per heavy atom. The van der Waals surface area contributed by atoms with E-state index in [0.29, 0.717) is 32.6 Å². The maximum absolute atomic E-state index is 11.6. The first-order chi connectivity index (χ1) is 11.9. The van der Waals surface area contributed by atoms with Gasteiger partial charge in [-0.2, -0.15) is 5.10 Å². The second-order valence-corrected chi connectivity index (χ2v) is 6.67. The van der Waals surface area contributed by atoms with Gasteiger partial charge in [0.15, 0.2) is 5.71 Å². The van der Waals surface area contributed by atoms with Crippen molar-refractivity contribution in [2.24, 2.45) is 11.0 Å². The Morgan fingerprint density at radius 3 is 2.28 bits per heavy atom. The van der Waals surface area contributed by atoms with Crippen LogP contribution in [0.2, 0.25) is 15.1 Å². The zero-order valence-electron chi connectivity index (χ0n) is 12.6. The molecular formula is C17H11Cl3N2O3. The van der Waals surface area contributed by atoms with Crippen LogP contribution < -0.4 is 5.01 Å². The maximum atomic E-state index is 11.6. The Labute approximate surface area is 158 Å². The number of hydrogen-bond donors (Lipinski definition) is 1. The number of rotatable bonds is 4. The Morgan fingerprint density at radius 2 is 1.72 bits per heavy atom. The smallest absolute Gasteiger partial charge is 0.352 e. The molecule has 1 aliphatic rings. The minimum atomic E-state index is -1.26. The SMILES string of the molecule is O=CC1C(C(=O)O)=NN(c2ccc(Cl)cc2Cl)C1c1ccc(Cl)cc1. The second-order valence-electron chi connectivity index (χ2n) is 5.39. The first-order valence-corrected chi connectivity index (χ1v) is 8.32. The van der Waals surface area contributed by atoms with E-state index in [4.69, 9.17) is 34.8 Å². The molecule has 0 aliphatic carbocycles. The van der Waals surface area contributed by atoms with Crippen LogP contribution in [0.3, 0.4) is 0 Å². The average Bonchev–Trinajstić information content (AvgIpc) is 2.95. The summed E-state index contributed by atoms with van der Waals surface area (Å²) in [4.78, 5) is 23.2. The fourth-order valence-corrected chi connectivity index (χ4v) is 3.37. The number of carbonyl (C=O) groups excluding carboxylic acids is 1. The number of hydrazone groups is 1. The van der Waals surface area contributed by atoms with Crippen molar-refractivity contribution in [2.75, 3.05) is 5.01 Å². The average molecular weight is 398 g/mol. The van der Waals surface area contributed by atoms with Gasteiger partial charge in [0, 0.05) is 10.0 Å². The molecule has 2 atom stereocenters. The van der Waals surface area contributed by atoms with E-state index in [1.807, 2.05) is 0 Å². The number of aldehydes is 1. The molecule has 2 aromatic carbocycles. The minimum Gasteiger partial charge on any atom is -0.477 e. The molecular weight excluding hydrogens is 387 g/mol. The number of halogens is 3. The molecule has 5 nitrogen and oxygen atoms in total. The standard InChI is InChI=1S/C17H11Cl3N2O3/c18-10-3-1-9(2-4-10)16-12(8-23)15(17(24)25)21-22(16)14-6-5-11(19)7-13(14)20/h1-8,12,16H,(H,24,25). The summed E-state index contributed by atoms with van der Waals surface area (Å²) >= 11 is 18.1. The van der Waals surface area contributed by atoms with E-state index >= 15 is 0 Å². The van der Waals surface area contributed by atoms with Crippen LogP contribution in [-0.4, -0.2) is 23.1 Å². The highest BCUT2D eigenvalue weighted by Crippen LogP contribution is 2.42. The highest BCUT2D eigenvalue weighted by atomic mass is 35.5. The molecule has 25 heavy (non-hydrogen) atoms. The Bertz CT molecular complexity index is 868. The Balaban J connectivity index is 2.15. The number of nitrogens with zero attached hydrogens (tertiary/aromatic N) is 2. The third-order valence-corrected chi connectivity index (χ3v) is 4.66. The summed E-state index contributed by atoms with van der Waals surface area (Å²) in [6.45, 7) is 0. The summed E-state index contributed by atoms with van der Waals surface area (Å²) in [6.07, 6.45) is 0.579. The van der Waals surface area contributed by atoms with Gasteiger partial charge >= 0.3 is 5.97 Å². The molecule has 1 heterocycles. The fraction of sp³-hybridized carbons (Fsp3) is 0.118. The summed E-state index contributed by atoms with van der Waals surface area (Å²) in [5, 5.41) is 16.2. The topological polar surface area (TPSA) is 70.0 Å². The van der Waals surface area contributed by atoms with Crippen LogP contribution in [0.1, 0.15) is 11.6 Å². The summed E-state index contributed by atoms with van der Waals surface area (Å²) in [7, 11) is 0. The second kappa shape index (κ2) is 7.04. The Hall–Kier alpha value is -2.08. The van der Waals surface area contributed by atoms with Crippen molar-refractivity contribution < 1.29 is 14.7 Å². The van der Waals surface area contributed by atoms with Crippen molar-refractivity contribution in [3.8, 4) is 0 Å². The normalized spacial score (nSPS) is 19.6. The third kappa shape index (κ3) is 3.35. The van der Waals surface area contributed by atoms with Crippen LogP contribution in [0.4, 0.5) is 5.69 Å². The molecule has 0 radical (unpaired) electrons. The zero-order valence-corrected chi connectivity index (χ0v) is 14.8. The molecule has 0 fully saturated rings. The zero-order chi connectivity index (χ0) is 18.1. The number of aliphatic carboxylic acids is 1. The van der Waals surface area contributed by atoms with E-state index in [2.05, 4.69) is 5.10 Å². The molecule has 8 heteroatoms. The largest absolute Gasteiger partial charge is 0.477 e. The van der Waals surface area contributed by atoms with Crippen molar-refractivity contribution in [1.29, 1.82) is 0 Å². The van der Waals surface area contributed by atoms with Crippen molar-refractivity contribution >= 4 is 58.5 Å². The van der Waals surface area contributed by atoms with Crippen LogP contribution in [-0.2, 0) is 9.59 Å². The molecule has 0 amide bonds. The molecule has 1 aliphatic heterocycles. The molecule has 0 saturated carbocycles. The summed E-state index contributed by atoms with van der Waals surface area (Å²) < 4.78 is 0. The molecule has 2 unspecified atom stereocenters. The monoisotopic (exact) mass is 396 g/mol. The van der Waals surface area contributed by atoms with Crippen molar-refractivity contribution in [2.45, 2.75) is 6.04 Å². The van der Waals surface area contributed by atoms with E-state index in [0.717, 1.165) is 0 Å². The molecule has 0 bridgehead atoms. The minimum absolute atomic E-state index is 0.249. The summed E-state index contributed by atoms with van der Waals surface area (Å²) in [5.41, 5.74) is 0.891. The first-order valence-electron chi connectivity index (χ1n) is 7.19. The third-order valence-electron chi connectivity index (χ3n) is 3.87. The molecule has 1 N–H and O–H groups in total. The molecule has 0 aromatic heterocycles. The molecule has 2 aromatic rings. The van der Waals surface area contributed by atoms with Crippen molar-refractivity contribution in [3.63, 3.8) is 0 Å². The number of carboxylic acid groups (broad SMARTS) is 1. The lowest BCUT2D eigenvalue weighted by Gasteiger charge is -2.27. The van der Waals surface area contributed by atoms with Gasteiger partial charge in [0.25, 0.3) is 0 Å². The van der Waals surface area contributed by atoms with E-state index in [9.17, 15) is 14.7 Å². The van der Waals surface area contributed by atoms with Gasteiger partial charge in [0.2, 0.25) is 0 Å². The number of anilines is 1. The first kappa shape index (κ1) is 17.7. The number of hydrogen-bond acceptors (Lipinski definition) is 4. The summed E-state index contributed by atoms with van der Waals surface area (Å²) in [5.74, 6) is -2.21. The van der Waals surface area contributed by atoms with Gasteiger partial charge in [-0.1, -0.05) is 46.9 Å². The maximum Gasteiger partial charge on any atom is 0.352 e. The lowest BCUT2D eigenvalue weighted by molar-refractivity contribution is -0.130. The predicted molar refractivity (Wildman–Crippen MR) is 97.8 cm³/mol. The van der Waals surface area contributed by atoms with E-state index < -0.39 is 17.9 Å². The van der Waals surface area contributed by atoms with E-state index in [1.165, 1.54) is 11.1 Å². The lowest BCUT2D eigenvalue weighted by atomic mass is 9.91. The lowest BCUT2D eigenvalue weighted by Crippen LogP contribution is -2.29. The van der Waals surface area contributed by atoms with E-state index in [-0.39, 0.29) is 5.71 Å². The van der Waals surface area contributed by atoms with Gasteiger partial charge in [-0.05, 0) is 35.9 Å². The van der Waals surface area contributed by atoms with Gasteiger partial charge in [0.1, 0.15) is 6.29 Å². The van der Waals surface area contributed by atoms with E-state index in [1.54, 1.807) is 36.4 Å². The fourth-order valence-electron chi connectivity index (χ4n) is 2.75. The number of carbonyl (C=O) groups is 2. The van der Waals surface area contributed by atoms with Crippen LogP contribution in [0.5, 0.6) is 0 Å². The van der Waals surface area contributed by atoms with Crippen LogP contribution in [0.15, 0.2) is 47.6 Å². The van der Waals surface area contributed by atoms with Gasteiger partial charge in [-0.3, -0.25) is 5.01 Å². The number of carboxylic acids is 1. The number of benzene rings is 2. The molecule has 128 valence electrons. The molecule has 3 rings (SSSR count). The van der Waals surface area contributed by atoms with Gasteiger partial charge in [-0.15, -0.1) is 0 Å². The quantitative estimate of drug-likeness (QED) is 0.773. The van der Waals surface area contributed by atoms with Gasteiger partial charge < -0.3 is 9.90 Å². The molecule has 0 spiro atoms. The highest BCUT2D eigenvalue weighted by Gasteiger charge is 2.42. The van der Waals surface area contributed by atoms with Crippen LogP contribution >= 0.6 is 34.8 Å². The highest BCUT2D eigenvalue weighted by molar-refractivity contribution is 6.40.